The van der Waals surface area contributed by atoms with E-state index in [0.29, 0.717) is 29.6 Å². The van der Waals surface area contributed by atoms with E-state index in [1.54, 1.807) is 17.0 Å². The van der Waals surface area contributed by atoms with Gasteiger partial charge in [-0.1, -0.05) is 12.5 Å². The van der Waals surface area contributed by atoms with Crippen molar-refractivity contribution in [1.29, 1.82) is 5.41 Å². The molecule has 0 amide bonds. The van der Waals surface area contributed by atoms with Crippen molar-refractivity contribution < 1.29 is 5.11 Å². The number of aliphatic hydroxyl groups excluding tert-OH is 1. The number of nitrogen functional groups attached to an aromatic ring is 1. The van der Waals surface area contributed by atoms with Gasteiger partial charge in [0.1, 0.15) is 0 Å². The van der Waals surface area contributed by atoms with Crippen molar-refractivity contribution in [3.05, 3.63) is 59.6 Å². The molecule has 0 radical (unpaired) electrons. The fraction of sp³-hybridized carbons (Fsp3) is 0.500. The number of anilines is 1. The Balaban J connectivity index is 1.49. The van der Waals surface area contributed by atoms with Gasteiger partial charge in [0.25, 0.3) is 0 Å². The van der Waals surface area contributed by atoms with Gasteiger partial charge in [-0.05, 0) is 93.6 Å². The number of benzene rings is 1. The highest BCUT2D eigenvalue weighted by molar-refractivity contribution is 6.07. The maximum absolute atomic E-state index is 9.17. The average Bonchev–Trinajstić information content (AvgIpc) is 3.27. The minimum Gasteiger partial charge on any atom is -0.404 e. The molecule has 182 valence electrons. The number of aromatic nitrogens is 2. The van der Waals surface area contributed by atoms with E-state index >= 15 is 0 Å². The van der Waals surface area contributed by atoms with Crippen LogP contribution in [0.5, 0.6) is 0 Å². The quantitative estimate of drug-likeness (QED) is 0.272. The summed E-state index contributed by atoms with van der Waals surface area (Å²) >= 11 is 0. The fourth-order valence-corrected chi connectivity index (χ4v) is 4.91. The first-order valence-corrected chi connectivity index (χ1v) is 12.3. The molecule has 8 nitrogen and oxygen atoms in total. The van der Waals surface area contributed by atoms with Gasteiger partial charge in [0.05, 0.1) is 18.0 Å². The van der Waals surface area contributed by atoms with Crippen molar-refractivity contribution in [3.63, 3.8) is 0 Å². The molecule has 1 aromatic carbocycles. The van der Waals surface area contributed by atoms with E-state index in [2.05, 4.69) is 22.1 Å². The van der Waals surface area contributed by atoms with E-state index in [-0.39, 0.29) is 6.61 Å². The topological polar surface area (TPSA) is 130 Å². The number of aliphatic imine (C=N–C) groups is 1. The molecule has 1 aliphatic heterocycles. The number of rotatable bonds is 8. The van der Waals surface area contributed by atoms with Crippen molar-refractivity contribution in [2.75, 3.05) is 25.4 Å². The summed E-state index contributed by atoms with van der Waals surface area (Å²) in [6.07, 6.45) is 13.5. The number of nitrogens with one attached hydrogen (secondary N) is 1. The molecule has 34 heavy (non-hydrogen) atoms. The van der Waals surface area contributed by atoms with Crippen molar-refractivity contribution in [1.82, 2.24) is 14.7 Å². The third-order valence-corrected chi connectivity index (χ3v) is 7.22. The van der Waals surface area contributed by atoms with E-state index in [4.69, 9.17) is 27.0 Å². The number of allylic oxidation sites excluding steroid dienone is 1. The summed E-state index contributed by atoms with van der Waals surface area (Å²) in [5.41, 5.74) is 15.8. The second kappa shape index (κ2) is 11.0. The summed E-state index contributed by atoms with van der Waals surface area (Å²) < 4.78 is 1.62. The normalized spacial score (nSPS) is 19.4. The standard InChI is InChI=1S/C26H37N7O/c1-18(31-25(7-11-27)33-17-19(10-14-34)16-30-33)26(29)23-15-21(5-6-24(23)28)20-8-12-32(13-9-20)22-3-2-4-22/h5-7,11,15-18,20,22,29,34H,2-4,8-10,12-14,27-28H2,1H3/b11-7-,29-26?,31-25?. The summed E-state index contributed by atoms with van der Waals surface area (Å²) in [6.45, 7) is 4.25. The van der Waals surface area contributed by atoms with Crippen LogP contribution in [0, 0.1) is 5.41 Å². The molecule has 2 fully saturated rings. The molecule has 8 heteroatoms. The molecule has 6 N–H and O–H groups in total. The maximum atomic E-state index is 9.17. The number of piperidine rings is 1. The third-order valence-electron chi connectivity index (χ3n) is 7.22. The van der Waals surface area contributed by atoms with E-state index in [1.807, 2.05) is 19.2 Å². The number of likely N-dealkylation sites (tertiary alicyclic amines) is 1. The first kappa shape index (κ1) is 24.2. The number of aliphatic hydroxyl groups is 1. The van der Waals surface area contributed by atoms with Gasteiger partial charge in [-0.15, -0.1) is 0 Å². The van der Waals surface area contributed by atoms with Gasteiger partial charge in [0.15, 0.2) is 5.84 Å². The van der Waals surface area contributed by atoms with Crippen molar-refractivity contribution in [3.8, 4) is 0 Å². The molecule has 1 atom stereocenters. The predicted molar refractivity (Wildman–Crippen MR) is 138 cm³/mol. The molecule has 2 aliphatic rings. The molecule has 4 rings (SSSR count). The number of hydrogen-bond acceptors (Lipinski definition) is 7. The lowest BCUT2D eigenvalue weighted by molar-refractivity contribution is 0.0975. The van der Waals surface area contributed by atoms with E-state index in [1.165, 1.54) is 31.0 Å². The fourth-order valence-electron chi connectivity index (χ4n) is 4.91. The SMILES string of the molecule is CC(N=C(/C=C\N)n1cc(CCO)cn1)C(=N)c1cc(C2CCN(C3CCC3)CC2)ccc1N. The Morgan fingerprint density at radius 1 is 1.29 bits per heavy atom. The predicted octanol–water partition coefficient (Wildman–Crippen LogP) is 2.91. The zero-order chi connectivity index (χ0) is 24.1. The van der Waals surface area contributed by atoms with E-state index < -0.39 is 6.04 Å². The Bertz CT molecular complexity index is 1050. The molecule has 1 unspecified atom stereocenters. The summed E-state index contributed by atoms with van der Waals surface area (Å²) in [6, 6.07) is 6.52. The highest BCUT2D eigenvalue weighted by Crippen LogP contribution is 2.34. The van der Waals surface area contributed by atoms with Crippen LogP contribution in [0.3, 0.4) is 0 Å². The van der Waals surface area contributed by atoms with Crippen LogP contribution in [-0.4, -0.2) is 63.1 Å². The Hall–Kier alpha value is -2.97. The van der Waals surface area contributed by atoms with Gasteiger partial charge in [0.2, 0.25) is 0 Å². The Morgan fingerprint density at radius 2 is 2.06 bits per heavy atom. The molecule has 0 bridgehead atoms. The van der Waals surface area contributed by atoms with Gasteiger partial charge in [-0.25, -0.2) is 4.68 Å². The van der Waals surface area contributed by atoms with E-state index in [0.717, 1.165) is 43.1 Å². The Kier molecular flexibility index (Phi) is 7.80. The lowest BCUT2D eigenvalue weighted by Gasteiger charge is -2.42. The van der Waals surface area contributed by atoms with Gasteiger partial charge in [-0.3, -0.25) is 4.99 Å². The molecule has 0 spiro atoms. The van der Waals surface area contributed by atoms with Crippen LogP contribution < -0.4 is 11.5 Å². The van der Waals surface area contributed by atoms with Crippen LogP contribution in [0.15, 0.2) is 47.9 Å². The van der Waals surface area contributed by atoms with Crippen molar-refractivity contribution >= 4 is 17.2 Å². The average molecular weight is 464 g/mol. The van der Waals surface area contributed by atoms with E-state index in [9.17, 15) is 0 Å². The van der Waals surface area contributed by atoms with Gasteiger partial charge in [-0.2, -0.15) is 5.10 Å². The highest BCUT2D eigenvalue weighted by atomic mass is 16.3. The van der Waals surface area contributed by atoms with Crippen molar-refractivity contribution in [2.45, 2.75) is 63.5 Å². The van der Waals surface area contributed by atoms with Crippen LogP contribution in [0.4, 0.5) is 5.69 Å². The Labute approximate surface area is 201 Å². The summed E-state index contributed by atoms with van der Waals surface area (Å²) in [5.74, 6) is 1.04. The second-order valence-corrected chi connectivity index (χ2v) is 9.44. The molecule has 1 aliphatic carbocycles. The molecule has 1 aromatic heterocycles. The number of nitrogens with zero attached hydrogens (tertiary/aromatic N) is 4. The maximum Gasteiger partial charge on any atom is 0.150 e. The summed E-state index contributed by atoms with van der Waals surface area (Å²) in [4.78, 5) is 7.37. The monoisotopic (exact) mass is 463 g/mol. The van der Waals surface area contributed by atoms with Gasteiger partial charge in [0, 0.05) is 30.1 Å². The molecule has 1 saturated heterocycles. The van der Waals surface area contributed by atoms with Crippen LogP contribution in [-0.2, 0) is 6.42 Å². The number of hydrogen-bond donors (Lipinski definition) is 4. The lowest BCUT2D eigenvalue weighted by Crippen LogP contribution is -2.44. The molecule has 2 heterocycles. The minimum absolute atomic E-state index is 0.0567. The Morgan fingerprint density at radius 3 is 2.71 bits per heavy atom. The molecule has 2 aromatic rings. The van der Waals surface area contributed by atoms with Gasteiger partial charge < -0.3 is 26.9 Å². The zero-order valence-electron chi connectivity index (χ0n) is 20.0. The molecular formula is C26H37N7O. The highest BCUT2D eigenvalue weighted by Gasteiger charge is 2.29. The van der Waals surface area contributed by atoms with Crippen LogP contribution >= 0.6 is 0 Å². The third kappa shape index (κ3) is 5.39. The first-order valence-electron chi connectivity index (χ1n) is 12.3. The minimum atomic E-state index is -0.435. The largest absolute Gasteiger partial charge is 0.404 e. The summed E-state index contributed by atoms with van der Waals surface area (Å²) in [7, 11) is 0. The van der Waals surface area contributed by atoms with Crippen molar-refractivity contribution in [2.24, 2.45) is 10.7 Å². The summed E-state index contributed by atoms with van der Waals surface area (Å²) in [5, 5.41) is 22.3. The smallest absolute Gasteiger partial charge is 0.150 e. The second-order valence-electron chi connectivity index (χ2n) is 9.44. The number of nitrogens with two attached hydrogens (primary N) is 2. The first-order chi connectivity index (χ1) is 16.5. The molecule has 1 saturated carbocycles. The van der Waals surface area contributed by atoms with Crippen LogP contribution in [0.2, 0.25) is 0 Å². The van der Waals surface area contributed by atoms with Gasteiger partial charge >= 0.3 is 0 Å². The van der Waals surface area contributed by atoms with Crippen LogP contribution in [0.25, 0.3) is 0 Å². The lowest BCUT2D eigenvalue weighted by atomic mass is 9.84. The molecular weight excluding hydrogens is 426 g/mol. The van der Waals surface area contributed by atoms with Crippen LogP contribution in [0.1, 0.15) is 61.6 Å². The zero-order valence-corrected chi connectivity index (χ0v) is 20.0.